The Morgan fingerprint density at radius 2 is 0.895 bits per heavy atom. The zero-order valence-electron chi connectivity index (χ0n) is 9.54. The van der Waals surface area contributed by atoms with Crippen molar-refractivity contribution in [3.63, 3.8) is 0 Å². The summed E-state index contributed by atoms with van der Waals surface area (Å²) in [7, 11) is 0. The Labute approximate surface area is 126 Å². The van der Waals surface area contributed by atoms with Crippen molar-refractivity contribution in [2.24, 2.45) is 0 Å². The van der Waals surface area contributed by atoms with Crippen LogP contribution in [0, 0.1) is 0 Å². The molecule has 0 spiro atoms. The van der Waals surface area contributed by atoms with Crippen LogP contribution in [0.3, 0.4) is 0 Å². The second kappa shape index (κ2) is 10.0. The van der Waals surface area contributed by atoms with Gasteiger partial charge in [-0.3, -0.25) is 8.42 Å². The van der Waals surface area contributed by atoms with Gasteiger partial charge in [0.25, 0.3) is 0 Å². The van der Waals surface area contributed by atoms with E-state index in [2.05, 4.69) is 0 Å². The molecule has 0 heterocycles. The molecule has 0 saturated heterocycles. The molecule has 2 unspecified atom stereocenters. The average Bonchev–Trinajstić information content (AvgIpc) is 2.41. The summed E-state index contributed by atoms with van der Waals surface area (Å²) in [5.41, 5.74) is 0. The Morgan fingerprint density at radius 1 is 0.632 bits per heavy atom. The minimum absolute atomic E-state index is 0. The fourth-order valence-corrected chi connectivity index (χ4v) is 1.82. The van der Waals surface area contributed by atoms with Crippen LogP contribution in [0.25, 0.3) is 0 Å². The van der Waals surface area contributed by atoms with Crippen LogP contribution in [-0.4, -0.2) is 17.5 Å². The van der Waals surface area contributed by atoms with Gasteiger partial charge in [0, 0.05) is 9.79 Å². The van der Waals surface area contributed by atoms with Crippen LogP contribution >= 0.6 is 0 Å². The second-order valence-electron chi connectivity index (χ2n) is 3.10. The van der Waals surface area contributed by atoms with E-state index in [1.807, 2.05) is 0 Å². The van der Waals surface area contributed by atoms with E-state index in [-0.39, 0.29) is 16.5 Å². The number of hydrogen-bond donors (Lipinski definition) is 0. The predicted molar refractivity (Wildman–Crippen MR) is 67.3 cm³/mol. The van der Waals surface area contributed by atoms with Gasteiger partial charge in [0.05, 0.1) is 0 Å². The van der Waals surface area contributed by atoms with Crippen molar-refractivity contribution < 1.29 is 34.0 Å². The van der Waals surface area contributed by atoms with E-state index in [0.29, 0.717) is 9.79 Å². The first kappa shape index (κ1) is 18.2. The standard InChI is InChI=1S/2C6H6O2S.Ni/c2*7-9(8)6-4-2-1-3-5-6;/h2*1-5H,(H,7,8);/q;;+2/p-2. The van der Waals surface area contributed by atoms with Gasteiger partial charge < -0.3 is 9.11 Å². The fourth-order valence-electron chi connectivity index (χ4n) is 1.06. The molecule has 2 rings (SSSR count). The van der Waals surface area contributed by atoms with Gasteiger partial charge in [0.2, 0.25) is 0 Å². The molecule has 19 heavy (non-hydrogen) atoms. The van der Waals surface area contributed by atoms with Crippen molar-refractivity contribution in [1.29, 1.82) is 0 Å². The van der Waals surface area contributed by atoms with Crippen molar-refractivity contribution in [2.45, 2.75) is 9.79 Å². The van der Waals surface area contributed by atoms with Gasteiger partial charge in [0.1, 0.15) is 0 Å². The van der Waals surface area contributed by atoms with E-state index in [4.69, 9.17) is 0 Å². The van der Waals surface area contributed by atoms with Crippen LogP contribution in [0.4, 0.5) is 0 Å². The van der Waals surface area contributed by atoms with E-state index < -0.39 is 22.2 Å². The maximum Gasteiger partial charge on any atom is 2.00 e. The van der Waals surface area contributed by atoms with Crippen LogP contribution in [0.15, 0.2) is 70.5 Å². The molecule has 0 fully saturated rings. The maximum absolute atomic E-state index is 10.2. The molecular weight excluding hydrogens is 331 g/mol. The van der Waals surface area contributed by atoms with Crippen LogP contribution in [0.2, 0.25) is 0 Å². The Hall–Kier alpha value is -0.846. The first-order chi connectivity index (χ1) is 8.61. The number of benzene rings is 2. The molecule has 2 aromatic carbocycles. The Bertz CT molecular complexity index is 470. The smallest absolute Gasteiger partial charge is 0.768 e. The third-order valence-electron chi connectivity index (χ3n) is 1.87. The SMILES string of the molecule is O=S([O-])c1ccccc1.O=S([O-])c1ccccc1.[Ni+2]. The largest absolute Gasteiger partial charge is 2.00 e. The van der Waals surface area contributed by atoms with Gasteiger partial charge in [0.15, 0.2) is 0 Å². The average molecular weight is 341 g/mol. The summed E-state index contributed by atoms with van der Waals surface area (Å²) in [5.74, 6) is 0. The maximum atomic E-state index is 10.2. The Kier molecular flexibility index (Phi) is 9.56. The number of rotatable bonds is 2. The minimum atomic E-state index is -2.08. The van der Waals surface area contributed by atoms with Gasteiger partial charge in [-0.1, -0.05) is 36.4 Å². The molecule has 2 aromatic rings. The van der Waals surface area contributed by atoms with Crippen LogP contribution in [0.1, 0.15) is 0 Å². The van der Waals surface area contributed by atoms with Crippen molar-refractivity contribution in [3.8, 4) is 0 Å². The molecule has 0 amide bonds. The molecule has 0 aliphatic heterocycles. The molecular formula is C12H10NiO4S2. The van der Waals surface area contributed by atoms with Gasteiger partial charge in [-0.25, -0.2) is 0 Å². The van der Waals surface area contributed by atoms with E-state index in [1.165, 1.54) is 0 Å². The molecule has 7 heteroatoms. The van der Waals surface area contributed by atoms with E-state index in [0.717, 1.165) is 0 Å². The van der Waals surface area contributed by atoms with Crippen LogP contribution in [0.5, 0.6) is 0 Å². The van der Waals surface area contributed by atoms with Crippen molar-refractivity contribution in [1.82, 2.24) is 0 Å². The molecule has 0 N–H and O–H groups in total. The second-order valence-corrected chi connectivity index (χ2v) is 4.98. The summed E-state index contributed by atoms with van der Waals surface area (Å²) in [6, 6.07) is 16.5. The first-order valence-corrected chi connectivity index (χ1v) is 7.05. The summed E-state index contributed by atoms with van der Waals surface area (Å²) in [6.45, 7) is 0. The van der Waals surface area contributed by atoms with Gasteiger partial charge >= 0.3 is 16.5 Å². The minimum Gasteiger partial charge on any atom is -0.768 e. The summed E-state index contributed by atoms with van der Waals surface area (Å²) in [5, 5.41) is 0. The first-order valence-electron chi connectivity index (χ1n) is 4.90. The zero-order chi connectivity index (χ0) is 13.4. The molecule has 2 atom stereocenters. The molecule has 0 aromatic heterocycles. The summed E-state index contributed by atoms with van der Waals surface area (Å²) in [4.78, 5) is 0.662. The van der Waals surface area contributed by atoms with Crippen molar-refractivity contribution in [3.05, 3.63) is 60.7 Å². The Balaban J connectivity index is 0.000000324. The monoisotopic (exact) mass is 340 g/mol. The third-order valence-corrected chi connectivity index (χ3v) is 3.19. The molecule has 0 aliphatic carbocycles. The molecule has 4 nitrogen and oxygen atoms in total. The predicted octanol–water partition coefficient (Wildman–Crippen LogP) is 1.85. The van der Waals surface area contributed by atoms with E-state index in [1.54, 1.807) is 60.7 Å². The van der Waals surface area contributed by atoms with Crippen molar-refractivity contribution >= 4 is 22.2 Å². The van der Waals surface area contributed by atoms with E-state index >= 15 is 0 Å². The van der Waals surface area contributed by atoms with Crippen LogP contribution in [-0.2, 0) is 38.7 Å². The van der Waals surface area contributed by atoms with Gasteiger partial charge in [-0.05, 0) is 46.4 Å². The van der Waals surface area contributed by atoms with Gasteiger partial charge in [-0.15, -0.1) is 0 Å². The third kappa shape index (κ3) is 7.35. The van der Waals surface area contributed by atoms with Crippen LogP contribution < -0.4 is 0 Å². The quantitative estimate of drug-likeness (QED) is 0.617. The molecule has 0 bridgehead atoms. The normalized spacial score (nSPS) is 12.3. The summed E-state index contributed by atoms with van der Waals surface area (Å²) in [6.07, 6.45) is 0. The topological polar surface area (TPSA) is 80.3 Å². The molecule has 0 saturated carbocycles. The molecule has 0 aliphatic rings. The zero-order valence-corrected chi connectivity index (χ0v) is 12.2. The Morgan fingerprint density at radius 3 is 1.05 bits per heavy atom. The van der Waals surface area contributed by atoms with Gasteiger partial charge in [-0.2, -0.15) is 0 Å². The van der Waals surface area contributed by atoms with E-state index in [9.17, 15) is 17.5 Å². The molecule has 104 valence electrons. The number of hydrogen-bond acceptors (Lipinski definition) is 4. The fraction of sp³-hybridized carbons (Fsp3) is 0. The van der Waals surface area contributed by atoms with Crippen molar-refractivity contribution in [2.75, 3.05) is 0 Å². The summed E-state index contributed by atoms with van der Waals surface area (Å²) < 4.78 is 40.8. The summed E-state index contributed by atoms with van der Waals surface area (Å²) >= 11 is -4.16. The molecule has 0 radical (unpaired) electrons.